The van der Waals surface area contributed by atoms with Crippen LogP contribution in [-0.4, -0.2) is 33.9 Å². The number of carboxylic acid groups (broad SMARTS) is 1. The van der Waals surface area contributed by atoms with Crippen LogP contribution in [0.1, 0.15) is 56.2 Å². The Hall–Kier alpha value is -3.95. The molecule has 3 N–H and O–H groups in total. The molecule has 1 aliphatic heterocycles. The van der Waals surface area contributed by atoms with Crippen molar-refractivity contribution in [2.75, 3.05) is 11.1 Å². The first-order valence-corrected chi connectivity index (χ1v) is 13.9. The fraction of sp³-hybridized carbons (Fsp3) is 0.188. The van der Waals surface area contributed by atoms with Crippen molar-refractivity contribution in [1.29, 1.82) is 0 Å². The summed E-state index contributed by atoms with van der Waals surface area (Å²) in [5.41, 5.74) is 4.08. The first-order chi connectivity index (χ1) is 19.5. The fourth-order valence-corrected chi connectivity index (χ4v) is 5.56. The van der Waals surface area contributed by atoms with E-state index in [2.05, 4.69) is 5.32 Å². The molecule has 0 aromatic heterocycles. The number of ether oxygens (including phenoxy) is 2. The minimum atomic E-state index is -0.963. The Kier molecular flexibility index (Phi) is 8.93. The van der Waals surface area contributed by atoms with Crippen molar-refractivity contribution < 1.29 is 29.3 Å². The van der Waals surface area contributed by atoms with Crippen molar-refractivity contribution >= 4 is 29.3 Å². The second-order valence-corrected chi connectivity index (χ2v) is 10.5. The van der Waals surface area contributed by atoms with E-state index in [0.29, 0.717) is 28.3 Å². The van der Waals surface area contributed by atoms with Gasteiger partial charge in [-0.15, -0.1) is 11.8 Å². The number of rotatable bonds is 9. The molecule has 0 unspecified atom stereocenters. The molecule has 40 heavy (non-hydrogen) atoms. The van der Waals surface area contributed by atoms with E-state index in [1.54, 1.807) is 30.3 Å². The molecule has 4 aromatic carbocycles. The molecular weight excluding hydrogens is 526 g/mol. The number of benzene rings is 4. The number of hydrogen-bond acceptors (Lipinski definition) is 6. The van der Waals surface area contributed by atoms with Gasteiger partial charge in [-0.05, 0) is 47.5 Å². The van der Waals surface area contributed by atoms with Crippen molar-refractivity contribution in [3.05, 3.63) is 131 Å². The molecule has 1 heterocycles. The third-order valence-corrected chi connectivity index (χ3v) is 7.84. The van der Waals surface area contributed by atoms with Gasteiger partial charge in [-0.2, -0.15) is 0 Å². The number of anilines is 1. The van der Waals surface area contributed by atoms with Crippen molar-refractivity contribution in [2.45, 2.75) is 36.4 Å². The van der Waals surface area contributed by atoms with Gasteiger partial charge in [0.05, 0.1) is 24.4 Å². The number of carbonyl (C=O) groups excluding carboxylic acids is 1. The summed E-state index contributed by atoms with van der Waals surface area (Å²) in [6.07, 6.45) is -0.548. The summed E-state index contributed by atoms with van der Waals surface area (Å²) in [5, 5.41) is 21.9. The molecule has 1 aliphatic rings. The van der Waals surface area contributed by atoms with Crippen LogP contribution >= 0.6 is 11.8 Å². The molecule has 5 rings (SSSR count). The molecule has 0 spiro atoms. The topological polar surface area (TPSA) is 105 Å². The number of carbonyl (C=O) groups is 2. The number of thioether (sulfide) groups is 1. The molecule has 0 saturated carbocycles. The highest BCUT2D eigenvalue weighted by Crippen LogP contribution is 2.40. The van der Waals surface area contributed by atoms with E-state index >= 15 is 0 Å². The summed E-state index contributed by atoms with van der Waals surface area (Å²) >= 11 is 1.45. The lowest BCUT2D eigenvalue weighted by atomic mass is 10.0. The van der Waals surface area contributed by atoms with Crippen LogP contribution in [0.2, 0.25) is 0 Å². The van der Waals surface area contributed by atoms with E-state index in [4.69, 9.17) is 9.47 Å². The molecule has 0 bridgehead atoms. The molecule has 0 radical (unpaired) electrons. The van der Waals surface area contributed by atoms with Gasteiger partial charge in [0.15, 0.2) is 6.29 Å². The van der Waals surface area contributed by atoms with Crippen molar-refractivity contribution in [2.24, 2.45) is 0 Å². The first-order valence-electron chi connectivity index (χ1n) is 12.9. The van der Waals surface area contributed by atoms with Gasteiger partial charge in [-0.25, -0.2) is 4.79 Å². The average Bonchev–Trinajstić information content (AvgIpc) is 3.01. The van der Waals surface area contributed by atoms with Crippen LogP contribution in [0.5, 0.6) is 0 Å². The Bertz CT molecular complexity index is 1440. The van der Waals surface area contributed by atoms with E-state index < -0.39 is 12.3 Å². The predicted octanol–water partition coefficient (Wildman–Crippen LogP) is 6.47. The lowest BCUT2D eigenvalue weighted by molar-refractivity contribution is -0.245. The Labute approximate surface area is 236 Å². The Morgan fingerprint density at radius 3 is 2.20 bits per heavy atom. The lowest BCUT2D eigenvalue weighted by Gasteiger charge is -2.36. The van der Waals surface area contributed by atoms with E-state index in [1.807, 2.05) is 72.8 Å². The lowest BCUT2D eigenvalue weighted by Crippen LogP contribution is -2.31. The monoisotopic (exact) mass is 555 g/mol. The van der Waals surface area contributed by atoms with Gasteiger partial charge in [0.1, 0.15) is 0 Å². The maximum atomic E-state index is 12.5. The molecule has 8 heteroatoms. The minimum absolute atomic E-state index is 0.0348. The summed E-state index contributed by atoms with van der Waals surface area (Å²) in [6.45, 7) is -0.0348. The molecule has 4 aromatic rings. The standard InChI is InChI=1S/C32H29NO6S/c34-19-21-10-12-22(13-11-21)28-18-26(20-40-29-9-5-4-8-27(29)31(36)37)38-32(39-28)24-14-16-25(17-15-24)33-30(35)23-6-2-1-3-7-23/h1-17,26,28,32,34H,18-20H2,(H,33,35)(H,36,37)/t26-,28+,32+/m1/s1. The molecule has 1 amide bonds. The van der Waals surface area contributed by atoms with Crippen LogP contribution in [-0.2, 0) is 16.1 Å². The summed E-state index contributed by atoms with van der Waals surface area (Å²) in [7, 11) is 0. The van der Waals surface area contributed by atoms with Crippen LogP contribution in [0.15, 0.2) is 108 Å². The second kappa shape index (κ2) is 12.9. The summed E-state index contributed by atoms with van der Waals surface area (Å²) < 4.78 is 12.8. The molecule has 7 nitrogen and oxygen atoms in total. The van der Waals surface area contributed by atoms with E-state index in [0.717, 1.165) is 16.7 Å². The van der Waals surface area contributed by atoms with Crippen LogP contribution in [0, 0.1) is 0 Å². The van der Waals surface area contributed by atoms with Gasteiger partial charge < -0.3 is 25.0 Å². The zero-order valence-electron chi connectivity index (χ0n) is 21.6. The van der Waals surface area contributed by atoms with Gasteiger partial charge in [-0.3, -0.25) is 4.79 Å². The number of hydrogen-bond donors (Lipinski definition) is 3. The zero-order chi connectivity index (χ0) is 27.9. The summed E-state index contributed by atoms with van der Waals surface area (Å²) in [4.78, 5) is 24.9. The minimum Gasteiger partial charge on any atom is -0.478 e. The van der Waals surface area contributed by atoms with E-state index in [-0.39, 0.29) is 30.3 Å². The largest absolute Gasteiger partial charge is 0.478 e. The maximum Gasteiger partial charge on any atom is 0.336 e. The molecule has 3 atom stereocenters. The number of aliphatic hydroxyl groups excluding tert-OH is 1. The molecular formula is C32H29NO6S. The second-order valence-electron chi connectivity index (χ2n) is 9.40. The van der Waals surface area contributed by atoms with Crippen molar-refractivity contribution in [3.63, 3.8) is 0 Å². The molecule has 1 saturated heterocycles. The van der Waals surface area contributed by atoms with Gasteiger partial charge >= 0.3 is 5.97 Å². The average molecular weight is 556 g/mol. The first kappa shape index (κ1) is 27.6. The van der Waals surface area contributed by atoms with E-state index in [9.17, 15) is 19.8 Å². The van der Waals surface area contributed by atoms with Crippen LogP contribution < -0.4 is 5.32 Å². The highest BCUT2D eigenvalue weighted by atomic mass is 32.2. The Morgan fingerprint density at radius 2 is 1.50 bits per heavy atom. The summed E-state index contributed by atoms with van der Waals surface area (Å²) in [6, 6.07) is 31.0. The highest BCUT2D eigenvalue weighted by molar-refractivity contribution is 7.99. The smallest absolute Gasteiger partial charge is 0.336 e. The van der Waals surface area contributed by atoms with Crippen molar-refractivity contribution in [1.82, 2.24) is 0 Å². The van der Waals surface area contributed by atoms with E-state index in [1.165, 1.54) is 11.8 Å². The third-order valence-electron chi connectivity index (χ3n) is 6.63. The zero-order valence-corrected chi connectivity index (χ0v) is 22.4. The number of amides is 1. The Balaban J connectivity index is 1.33. The molecule has 0 aliphatic carbocycles. The number of aromatic carboxylic acids is 1. The quantitative estimate of drug-likeness (QED) is 0.203. The van der Waals surface area contributed by atoms with Gasteiger partial charge in [0.2, 0.25) is 0 Å². The summed E-state index contributed by atoms with van der Waals surface area (Å²) in [5.74, 6) is -0.612. The van der Waals surface area contributed by atoms with Gasteiger partial charge in [0.25, 0.3) is 5.91 Å². The van der Waals surface area contributed by atoms with Crippen molar-refractivity contribution in [3.8, 4) is 0 Å². The fourth-order valence-electron chi connectivity index (χ4n) is 4.49. The van der Waals surface area contributed by atoms with Gasteiger partial charge in [0, 0.05) is 33.9 Å². The highest BCUT2D eigenvalue weighted by Gasteiger charge is 2.32. The SMILES string of the molecule is O=C(Nc1ccc([C@H]2O[C@@H](CSc3ccccc3C(=O)O)C[C@@H](c3ccc(CO)cc3)O2)cc1)c1ccccc1. The number of carboxylic acids is 1. The van der Waals surface area contributed by atoms with Crippen LogP contribution in [0.25, 0.3) is 0 Å². The normalized spacial score (nSPS) is 18.7. The van der Waals surface area contributed by atoms with Gasteiger partial charge in [-0.1, -0.05) is 66.7 Å². The third kappa shape index (κ3) is 6.78. The molecule has 204 valence electrons. The number of nitrogens with one attached hydrogen (secondary N) is 1. The van der Waals surface area contributed by atoms with Crippen LogP contribution in [0.3, 0.4) is 0 Å². The number of aliphatic hydroxyl groups is 1. The Morgan fingerprint density at radius 1 is 0.825 bits per heavy atom. The van der Waals surface area contributed by atoms with Crippen LogP contribution in [0.4, 0.5) is 5.69 Å². The molecule has 1 fully saturated rings. The maximum absolute atomic E-state index is 12.5. The predicted molar refractivity (Wildman–Crippen MR) is 153 cm³/mol.